The molecular formula is C24H31N5. The molecule has 0 bridgehead atoms. The lowest BCUT2D eigenvalue weighted by molar-refractivity contribution is -0.0332. The summed E-state index contributed by atoms with van der Waals surface area (Å²) in [6.07, 6.45) is 3.60. The second kappa shape index (κ2) is 7.06. The normalized spacial score (nSPS) is 18.7. The zero-order valence-electron chi connectivity index (χ0n) is 18.4. The fourth-order valence-corrected chi connectivity index (χ4v) is 5.00. The van der Waals surface area contributed by atoms with Gasteiger partial charge in [-0.05, 0) is 83.7 Å². The molecule has 1 fully saturated rings. The maximum absolute atomic E-state index is 4.83. The number of anilines is 1. The van der Waals surface area contributed by atoms with E-state index in [0.29, 0.717) is 0 Å². The summed E-state index contributed by atoms with van der Waals surface area (Å²) in [6.45, 7) is 11.3. The number of aryl methyl sites for hydroxylation is 1. The minimum absolute atomic E-state index is 0.0767. The number of pyridine rings is 1. The van der Waals surface area contributed by atoms with Gasteiger partial charge in [-0.2, -0.15) is 0 Å². The van der Waals surface area contributed by atoms with E-state index in [1.807, 2.05) is 24.3 Å². The third-order valence-electron chi connectivity index (χ3n) is 6.16. The topological polar surface area (TPSA) is 45.2 Å². The number of rotatable bonds is 3. The van der Waals surface area contributed by atoms with Crippen molar-refractivity contribution in [1.82, 2.24) is 20.2 Å². The van der Waals surface area contributed by atoms with Gasteiger partial charge in [-0.15, -0.1) is 10.2 Å². The Labute approximate surface area is 173 Å². The van der Waals surface area contributed by atoms with Crippen LogP contribution in [0.2, 0.25) is 0 Å². The molecule has 0 unspecified atom stereocenters. The first-order chi connectivity index (χ1) is 13.7. The number of para-hydroxylation sites is 1. The summed E-state index contributed by atoms with van der Waals surface area (Å²) in [4.78, 5) is 4.83. The third-order valence-corrected chi connectivity index (χ3v) is 6.16. The van der Waals surface area contributed by atoms with Gasteiger partial charge in [0.1, 0.15) is 5.69 Å². The molecule has 2 aromatic heterocycles. The molecule has 1 aliphatic rings. The van der Waals surface area contributed by atoms with Crippen molar-refractivity contribution < 1.29 is 0 Å². The second-order valence-corrected chi connectivity index (χ2v) is 9.44. The van der Waals surface area contributed by atoms with Crippen molar-refractivity contribution in [1.29, 1.82) is 0 Å². The SMILES string of the molecule is Cc1cc2ccccc2nc1-c1ccc(N(C)N2C(C)(C)CCCC2(C)C)nn1. The van der Waals surface area contributed by atoms with Crippen LogP contribution in [0.15, 0.2) is 42.5 Å². The summed E-state index contributed by atoms with van der Waals surface area (Å²) in [5, 5.41) is 14.9. The fourth-order valence-electron chi connectivity index (χ4n) is 5.00. The van der Waals surface area contributed by atoms with Crippen LogP contribution >= 0.6 is 0 Å². The Morgan fingerprint density at radius 2 is 1.62 bits per heavy atom. The maximum atomic E-state index is 4.83. The zero-order chi connectivity index (χ0) is 20.8. The number of piperidine rings is 1. The highest BCUT2D eigenvalue weighted by atomic mass is 15.7. The van der Waals surface area contributed by atoms with Gasteiger partial charge in [-0.3, -0.25) is 5.01 Å². The Balaban J connectivity index is 1.67. The number of fused-ring (bicyclic) bond motifs is 1. The predicted octanol–water partition coefficient (Wildman–Crippen LogP) is 5.39. The smallest absolute Gasteiger partial charge is 0.165 e. The summed E-state index contributed by atoms with van der Waals surface area (Å²) in [5.41, 5.74) is 3.94. The van der Waals surface area contributed by atoms with Gasteiger partial charge < -0.3 is 0 Å². The second-order valence-electron chi connectivity index (χ2n) is 9.44. The molecule has 1 saturated heterocycles. The minimum Gasteiger partial charge on any atom is -0.290 e. The van der Waals surface area contributed by atoms with Crippen molar-refractivity contribution in [3.05, 3.63) is 48.0 Å². The summed E-state index contributed by atoms with van der Waals surface area (Å²) in [6, 6.07) is 14.4. The van der Waals surface area contributed by atoms with Crippen LogP contribution in [0.4, 0.5) is 5.82 Å². The average molecular weight is 390 g/mol. The molecule has 4 rings (SSSR count). The van der Waals surface area contributed by atoms with E-state index in [-0.39, 0.29) is 11.1 Å². The number of hydrogen-bond donors (Lipinski definition) is 0. The molecule has 0 aliphatic carbocycles. The number of benzene rings is 1. The molecule has 1 aromatic carbocycles. The van der Waals surface area contributed by atoms with Crippen LogP contribution in [-0.2, 0) is 0 Å². The third kappa shape index (κ3) is 3.60. The maximum Gasteiger partial charge on any atom is 0.165 e. The zero-order valence-corrected chi connectivity index (χ0v) is 18.4. The Morgan fingerprint density at radius 3 is 2.28 bits per heavy atom. The van der Waals surface area contributed by atoms with Crippen LogP contribution in [0.1, 0.15) is 52.5 Å². The highest BCUT2D eigenvalue weighted by Crippen LogP contribution is 2.40. The van der Waals surface area contributed by atoms with Crippen molar-refractivity contribution in [3.63, 3.8) is 0 Å². The van der Waals surface area contributed by atoms with Crippen molar-refractivity contribution in [2.75, 3.05) is 12.1 Å². The number of hydrogen-bond acceptors (Lipinski definition) is 5. The van der Waals surface area contributed by atoms with Crippen LogP contribution in [0.5, 0.6) is 0 Å². The predicted molar refractivity (Wildman–Crippen MR) is 120 cm³/mol. The molecule has 0 spiro atoms. The molecule has 0 saturated carbocycles. The summed E-state index contributed by atoms with van der Waals surface area (Å²) in [5.74, 6) is 0.857. The monoisotopic (exact) mass is 389 g/mol. The lowest BCUT2D eigenvalue weighted by Crippen LogP contribution is -2.64. The van der Waals surface area contributed by atoms with E-state index in [1.165, 1.54) is 19.3 Å². The highest BCUT2D eigenvalue weighted by Gasteiger charge is 2.44. The van der Waals surface area contributed by atoms with Crippen LogP contribution in [0.3, 0.4) is 0 Å². The molecule has 152 valence electrons. The molecule has 1 aliphatic heterocycles. The highest BCUT2D eigenvalue weighted by molar-refractivity contribution is 5.82. The van der Waals surface area contributed by atoms with Gasteiger partial charge >= 0.3 is 0 Å². The van der Waals surface area contributed by atoms with Crippen LogP contribution in [0, 0.1) is 6.92 Å². The fraction of sp³-hybridized carbons (Fsp3) is 0.458. The van der Waals surface area contributed by atoms with E-state index in [2.05, 4.69) is 80.1 Å². The van der Waals surface area contributed by atoms with Crippen LogP contribution < -0.4 is 5.01 Å². The molecule has 5 nitrogen and oxygen atoms in total. The molecule has 5 heteroatoms. The van der Waals surface area contributed by atoms with Gasteiger partial charge in [0, 0.05) is 23.5 Å². The van der Waals surface area contributed by atoms with Gasteiger partial charge in [-0.1, -0.05) is 18.2 Å². The van der Waals surface area contributed by atoms with Crippen molar-refractivity contribution >= 4 is 16.7 Å². The quantitative estimate of drug-likeness (QED) is 0.600. The Hall–Kier alpha value is -2.53. The number of aromatic nitrogens is 3. The molecular weight excluding hydrogens is 358 g/mol. The van der Waals surface area contributed by atoms with E-state index in [9.17, 15) is 0 Å². The van der Waals surface area contributed by atoms with Gasteiger partial charge in [0.2, 0.25) is 0 Å². The lowest BCUT2D eigenvalue weighted by Gasteiger charge is -2.56. The van der Waals surface area contributed by atoms with E-state index >= 15 is 0 Å². The van der Waals surface area contributed by atoms with Gasteiger partial charge in [0.15, 0.2) is 5.82 Å². The first-order valence-electron chi connectivity index (χ1n) is 10.4. The lowest BCUT2D eigenvalue weighted by atomic mass is 9.81. The first kappa shape index (κ1) is 19.8. The van der Waals surface area contributed by atoms with E-state index in [0.717, 1.165) is 33.7 Å². The summed E-state index contributed by atoms with van der Waals surface area (Å²) >= 11 is 0. The Morgan fingerprint density at radius 1 is 0.931 bits per heavy atom. The van der Waals surface area contributed by atoms with Crippen molar-refractivity contribution in [2.45, 2.75) is 65.0 Å². The van der Waals surface area contributed by atoms with Gasteiger partial charge in [0.25, 0.3) is 0 Å². The molecule has 0 radical (unpaired) electrons. The number of nitrogens with zero attached hydrogens (tertiary/aromatic N) is 5. The first-order valence-corrected chi connectivity index (χ1v) is 10.4. The molecule has 0 amide bonds. The van der Waals surface area contributed by atoms with Crippen LogP contribution in [0.25, 0.3) is 22.3 Å². The van der Waals surface area contributed by atoms with Crippen molar-refractivity contribution in [3.8, 4) is 11.4 Å². The Kier molecular flexibility index (Phi) is 4.82. The molecule has 0 atom stereocenters. The van der Waals surface area contributed by atoms with E-state index < -0.39 is 0 Å². The standard InChI is InChI=1S/C24H31N5/c1-17-16-18-10-7-8-11-19(18)25-22(17)20-12-13-21(27-26-20)28(6)29-23(2,3)14-9-15-24(29,4)5/h7-8,10-13,16H,9,14-15H2,1-6H3. The Bertz CT molecular complexity index is 1010. The molecule has 3 aromatic rings. The van der Waals surface area contributed by atoms with Crippen molar-refractivity contribution in [2.24, 2.45) is 0 Å². The minimum atomic E-state index is 0.0767. The van der Waals surface area contributed by atoms with E-state index in [1.54, 1.807) is 0 Å². The summed E-state index contributed by atoms with van der Waals surface area (Å²) < 4.78 is 0. The molecule has 3 heterocycles. The largest absolute Gasteiger partial charge is 0.290 e. The van der Waals surface area contributed by atoms with Gasteiger partial charge in [-0.25, -0.2) is 9.99 Å². The molecule has 29 heavy (non-hydrogen) atoms. The summed E-state index contributed by atoms with van der Waals surface area (Å²) in [7, 11) is 2.10. The number of hydrazine groups is 1. The average Bonchev–Trinajstić information content (AvgIpc) is 2.66. The van der Waals surface area contributed by atoms with E-state index in [4.69, 9.17) is 4.98 Å². The van der Waals surface area contributed by atoms with Crippen LogP contribution in [-0.4, -0.2) is 38.3 Å². The molecule has 0 N–H and O–H groups in total. The van der Waals surface area contributed by atoms with Gasteiger partial charge in [0.05, 0.1) is 11.2 Å².